The van der Waals surface area contributed by atoms with E-state index in [1.807, 2.05) is 13.8 Å². The summed E-state index contributed by atoms with van der Waals surface area (Å²) in [5.74, 6) is 0.0838. The normalized spacial score (nSPS) is 15.0. The third-order valence-electron chi connectivity index (χ3n) is 7.02. The van der Waals surface area contributed by atoms with E-state index >= 15 is 0 Å². The van der Waals surface area contributed by atoms with Crippen LogP contribution in [0, 0.1) is 0 Å². The number of fused-ring (bicyclic) bond motifs is 1. The topological polar surface area (TPSA) is 147 Å². The number of aromatic nitrogens is 5. The number of pyridine rings is 1. The lowest BCUT2D eigenvalue weighted by Crippen LogP contribution is -2.48. The second kappa shape index (κ2) is 12.4. The van der Waals surface area contributed by atoms with Gasteiger partial charge < -0.3 is 19.5 Å². The highest BCUT2D eigenvalue weighted by atomic mass is 32.2. The van der Waals surface area contributed by atoms with Gasteiger partial charge in [-0.1, -0.05) is 27.2 Å². The summed E-state index contributed by atoms with van der Waals surface area (Å²) >= 11 is 0. The molecule has 3 aromatic rings. The molecule has 1 amide bonds. The fourth-order valence-electron chi connectivity index (χ4n) is 4.51. The molecule has 218 valence electrons. The quantitative estimate of drug-likeness (QED) is 0.335. The lowest BCUT2D eigenvalue weighted by Gasteiger charge is -2.33. The second-order valence-electron chi connectivity index (χ2n) is 9.92. The van der Waals surface area contributed by atoms with Crippen molar-refractivity contribution in [1.29, 1.82) is 0 Å². The van der Waals surface area contributed by atoms with Crippen LogP contribution in [0.3, 0.4) is 0 Å². The number of rotatable bonds is 11. The Kier molecular flexibility index (Phi) is 9.21. The first kappa shape index (κ1) is 29.6. The third kappa shape index (κ3) is 6.03. The molecule has 13 nitrogen and oxygen atoms in total. The van der Waals surface area contributed by atoms with Crippen molar-refractivity contribution in [2.24, 2.45) is 0 Å². The Morgan fingerprint density at radius 2 is 1.88 bits per heavy atom. The fraction of sp³-hybridized carbons (Fsp3) is 0.577. The van der Waals surface area contributed by atoms with Crippen molar-refractivity contribution in [2.75, 3.05) is 53.4 Å². The molecule has 1 aliphatic rings. The minimum Gasteiger partial charge on any atom is -0.477 e. The summed E-state index contributed by atoms with van der Waals surface area (Å²) in [6, 6.07) is 1.46. The SMILES string of the molecule is CCCCOc1ncc(S(=O)(=O)N2CCN(CC)CC2)cc1-c1nc2c(CC)nn(CC(=O)N(C)C)c2c(=O)[nH]1. The van der Waals surface area contributed by atoms with Crippen molar-refractivity contribution in [3.63, 3.8) is 0 Å². The average molecular weight is 575 g/mol. The highest BCUT2D eigenvalue weighted by molar-refractivity contribution is 7.89. The van der Waals surface area contributed by atoms with Gasteiger partial charge >= 0.3 is 0 Å². The van der Waals surface area contributed by atoms with Crippen LogP contribution in [0.15, 0.2) is 22.0 Å². The Hall–Kier alpha value is -3.36. The predicted molar refractivity (Wildman–Crippen MR) is 151 cm³/mol. The van der Waals surface area contributed by atoms with E-state index in [1.165, 1.54) is 26.2 Å². The number of carbonyl (C=O) groups is 1. The first-order valence-electron chi connectivity index (χ1n) is 13.7. The Morgan fingerprint density at radius 1 is 1.15 bits per heavy atom. The maximum atomic E-state index is 13.6. The van der Waals surface area contributed by atoms with Gasteiger partial charge in [0.1, 0.15) is 22.8 Å². The van der Waals surface area contributed by atoms with E-state index in [0.717, 1.165) is 19.4 Å². The van der Waals surface area contributed by atoms with Crippen molar-refractivity contribution in [3.05, 3.63) is 28.3 Å². The molecule has 4 heterocycles. The number of aryl methyl sites for hydroxylation is 1. The summed E-state index contributed by atoms with van der Waals surface area (Å²) in [6.45, 7) is 9.16. The number of carbonyl (C=O) groups excluding carboxylic acids is 1. The number of piperazine rings is 1. The number of ether oxygens (including phenoxy) is 1. The molecule has 40 heavy (non-hydrogen) atoms. The number of likely N-dealkylation sites (N-methyl/N-ethyl adjacent to an activating group) is 2. The minimum atomic E-state index is -3.84. The number of hydrogen-bond donors (Lipinski definition) is 1. The minimum absolute atomic E-state index is 0.000950. The second-order valence-corrected chi connectivity index (χ2v) is 11.9. The van der Waals surface area contributed by atoms with Gasteiger partial charge in [-0.3, -0.25) is 9.59 Å². The Balaban J connectivity index is 1.81. The molecule has 0 saturated carbocycles. The number of nitrogens with zero attached hydrogens (tertiary/aromatic N) is 7. The number of nitrogens with one attached hydrogen (secondary N) is 1. The van der Waals surface area contributed by atoms with E-state index in [9.17, 15) is 18.0 Å². The number of unbranched alkanes of at least 4 members (excludes halogenated alkanes) is 1. The molecule has 1 N–H and O–H groups in total. The monoisotopic (exact) mass is 574 g/mol. The third-order valence-corrected chi connectivity index (χ3v) is 8.88. The van der Waals surface area contributed by atoms with Crippen molar-refractivity contribution >= 4 is 27.0 Å². The molecular weight excluding hydrogens is 536 g/mol. The van der Waals surface area contributed by atoms with Gasteiger partial charge in [0.05, 0.1) is 24.1 Å². The van der Waals surface area contributed by atoms with E-state index in [1.54, 1.807) is 14.1 Å². The summed E-state index contributed by atoms with van der Waals surface area (Å²) in [6.07, 6.45) is 3.45. The maximum Gasteiger partial charge on any atom is 0.277 e. The number of amides is 1. The molecular formula is C26H38N8O5S. The van der Waals surface area contributed by atoms with E-state index < -0.39 is 15.6 Å². The summed E-state index contributed by atoms with van der Waals surface area (Å²) in [4.78, 5) is 41.2. The van der Waals surface area contributed by atoms with E-state index in [-0.39, 0.29) is 40.1 Å². The number of sulfonamides is 1. The molecule has 0 spiro atoms. The molecule has 0 aliphatic carbocycles. The average Bonchev–Trinajstić information content (AvgIpc) is 3.30. The maximum absolute atomic E-state index is 13.6. The van der Waals surface area contributed by atoms with Crippen LogP contribution < -0.4 is 10.3 Å². The van der Waals surface area contributed by atoms with Gasteiger partial charge in [0.15, 0.2) is 5.52 Å². The van der Waals surface area contributed by atoms with Crippen LogP contribution >= 0.6 is 0 Å². The van der Waals surface area contributed by atoms with Gasteiger partial charge in [-0.25, -0.2) is 23.1 Å². The molecule has 4 rings (SSSR count). The first-order chi connectivity index (χ1) is 19.1. The Labute approximate surface area is 234 Å². The van der Waals surface area contributed by atoms with Crippen LogP contribution in [-0.4, -0.2) is 107 Å². The van der Waals surface area contributed by atoms with Crippen molar-refractivity contribution in [2.45, 2.75) is 51.5 Å². The molecule has 1 saturated heterocycles. The van der Waals surface area contributed by atoms with Crippen molar-refractivity contribution in [1.82, 2.24) is 38.8 Å². The van der Waals surface area contributed by atoms with Crippen molar-refractivity contribution < 1.29 is 17.9 Å². The lowest BCUT2D eigenvalue weighted by atomic mass is 10.2. The molecule has 0 atom stereocenters. The molecule has 1 aliphatic heterocycles. The molecule has 0 unspecified atom stereocenters. The van der Waals surface area contributed by atoms with Gasteiger partial charge in [-0.15, -0.1) is 0 Å². The van der Waals surface area contributed by atoms with E-state index in [4.69, 9.17) is 9.72 Å². The molecule has 0 radical (unpaired) electrons. The summed E-state index contributed by atoms with van der Waals surface area (Å²) < 4.78 is 35.9. The van der Waals surface area contributed by atoms with Crippen LogP contribution in [0.4, 0.5) is 0 Å². The zero-order valence-electron chi connectivity index (χ0n) is 23.8. The van der Waals surface area contributed by atoms with E-state index in [2.05, 4.69) is 26.9 Å². The van der Waals surface area contributed by atoms with Gasteiger partial charge in [0.2, 0.25) is 21.8 Å². The standard InChI is InChI=1S/C26H38N8O5S/c1-6-9-14-39-26-19(15-18(16-27-26)40(37,38)33-12-10-32(8-3)11-13-33)24-28-22-20(7-2)30-34(17-21(35)31(4)5)23(22)25(36)29-24/h15-16H,6-14,17H2,1-5H3,(H,28,29,36). The smallest absolute Gasteiger partial charge is 0.277 e. The van der Waals surface area contributed by atoms with Gasteiger partial charge in [-0.2, -0.15) is 9.40 Å². The summed E-state index contributed by atoms with van der Waals surface area (Å²) in [7, 11) is -0.575. The fourth-order valence-corrected chi connectivity index (χ4v) is 5.90. The van der Waals surface area contributed by atoms with Gasteiger partial charge in [0, 0.05) is 40.3 Å². The molecule has 0 aromatic carbocycles. The molecule has 1 fully saturated rings. The number of H-pyrrole nitrogens is 1. The predicted octanol–water partition coefficient (Wildman–Crippen LogP) is 1.34. The molecule has 14 heteroatoms. The highest BCUT2D eigenvalue weighted by Crippen LogP contribution is 2.30. The Morgan fingerprint density at radius 3 is 2.50 bits per heavy atom. The van der Waals surface area contributed by atoms with Crippen LogP contribution in [0.5, 0.6) is 5.88 Å². The zero-order chi connectivity index (χ0) is 29.0. The van der Waals surface area contributed by atoms with Crippen LogP contribution in [-0.2, 0) is 27.8 Å². The van der Waals surface area contributed by atoms with Crippen LogP contribution in [0.1, 0.15) is 39.3 Å². The van der Waals surface area contributed by atoms with Crippen LogP contribution in [0.2, 0.25) is 0 Å². The van der Waals surface area contributed by atoms with Gasteiger partial charge in [0.25, 0.3) is 5.56 Å². The largest absolute Gasteiger partial charge is 0.477 e. The summed E-state index contributed by atoms with van der Waals surface area (Å²) in [5.41, 5.74) is 0.837. The van der Waals surface area contributed by atoms with Gasteiger partial charge in [-0.05, 0) is 25.5 Å². The Bertz CT molecular complexity index is 1520. The molecule has 0 bridgehead atoms. The number of hydrogen-bond acceptors (Lipinski definition) is 9. The summed E-state index contributed by atoms with van der Waals surface area (Å²) in [5, 5.41) is 4.47. The molecule has 3 aromatic heterocycles. The highest BCUT2D eigenvalue weighted by Gasteiger charge is 2.30. The van der Waals surface area contributed by atoms with Crippen molar-refractivity contribution in [3.8, 4) is 17.3 Å². The number of aromatic amines is 1. The zero-order valence-corrected chi connectivity index (χ0v) is 24.6. The lowest BCUT2D eigenvalue weighted by molar-refractivity contribution is -0.129. The van der Waals surface area contributed by atoms with Crippen LogP contribution in [0.25, 0.3) is 22.4 Å². The first-order valence-corrected chi connectivity index (χ1v) is 15.1. The van der Waals surface area contributed by atoms with E-state index in [0.29, 0.717) is 50.4 Å².